The Morgan fingerprint density at radius 1 is 0.938 bits per heavy atom. The smallest absolute Gasteiger partial charge is 0.337 e. The number of fused-ring (bicyclic) bond motifs is 2. The molecule has 3 heteroatoms. The summed E-state index contributed by atoms with van der Waals surface area (Å²) < 4.78 is 19.9. The molecule has 2 aliphatic rings. The molecule has 0 spiro atoms. The largest absolute Gasteiger partial charge is 0.465 e. The first-order valence-electron chi connectivity index (χ1n) is 12.9. The number of hydrogen-bond donors (Lipinski definition) is 0. The molecule has 174 valence electrons. The van der Waals surface area contributed by atoms with Gasteiger partial charge in [0, 0.05) is 0 Å². The molecule has 2 fully saturated rings. The van der Waals surface area contributed by atoms with Gasteiger partial charge >= 0.3 is 5.97 Å². The Morgan fingerprint density at radius 3 is 2.53 bits per heavy atom. The molecule has 0 radical (unpaired) electrons. The van der Waals surface area contributed by atoms with Crippen molar-refractivity contribution in [2.75, 3.05) is 7.11 Å². The van der Waals surface area contributed by atoms with Crippen molar-refractivity contribution in [3.05, 3.63) is 47.3 Å². The van der Waals surface area contributed by atoms with Gasteiger partial charge in [0.25, 0.3) is 0 Å². The molecule has 32 heavy (non-hydrogen) atoms. The van der Waals surface area contributed by atoms with Crippen LogP contribution in [0.2, 0.25) is 0 Å². The second kappa shape index (κ2) is 10.8. The van der Waals surface area contributed by atoms with E-state index in [-0.39, 0.29) is 11.8 Å². The molecular weight excluding hydrogens is 399 g/mol. The summed E-state index contributed by atoms with van der Waals surface area (Å²) in [6.07, 6.45) is 15.9. The first-order chi connectivity index (χ1) is 15.6. The van der Waals surface area contributed by atoms with Gasteiger partial charge < -0.3 is 4.74 Å². The predicted octanol–water partition coefficient (Wildman–Crippen LogP) is 8.43. The van der Waals surface area contributed by atoms with Crippen molar-refractivity contribution < 1.29 is 13.9 Å². The van der Waals surface area contributed by atoms with Gasteiger partial charge in [-0.2, -0.15) is 0 Å². The highest BCUT2D eigenvalue weighted by molar-refractivity contribution is 5.95. The number of carbonyl (C=O) groups is 1. The predicted molar refractivity (Wildman–Crippen MR) is 130 cm³/mol. The molecule has 2 unspecified atom stereocenters. The molecule has 2 aliphatic carbocycles. The molecule has 0 N–H and O–H groups in total. The highest BCUT2D eigenvalue weighted by atomic mass is 19.1. The highest BCUT2D eigenvalue weighted by Gasteiger charge is 2.36. The van der Waals surface area contributed by atoms with Gasteiger partial charge in [0.1, 0.15) is 5.82 Å². The summed E-state index contributed by atoms with van der Waals surface area (Å²) >= 11 is 0. The maximum absolute atomic E-state index is 15.1. The van der Waals surface area contributed by atoms with E-state index in [1.54, 1.807) is 18.2 Å². The fourth-order valence-corrected chi connectivity index (χ4v) is 6.41. The summed E-state index contributed by atoms with van der Waals surface area (Å²) in [6, 6.07) is 9.06. The number of methoxy groups -OCH3 is 1. The van der Waals surface area contributed by atoms with E-state index in [0.29, 0.717) is 11.5 Å². The maximum Gasteiger partial charge on any atom is 0.337 e. The Balaban J connectivity index is 1.37. The number of carbonyl (C=O) groups excluding carboxylic acids is 1. The maximum atomic E-state index is 15.1. The Bertz CT molecular complexity index is 921. The molecule has 4 rings (SSSR count). The molecular formula is C29H39FO2. The lowest BCUT2D eigenvalue weighted by atomic mass is 9.63. The van der Waals surface area contributed by atoms with Crippen LogP contribution in [-0.4, -0.2) is 13.1 Å². The molecule has 0 saturated heterocycles. The number of esters is 1. The van der Waals surface area contributed by atoms with Crippen molar-refractivity contribution in [3.63, 3.8) is 0 Å². The van der Waals surface area contributed by atoms with Crippen LogP contribution in [0.4, 0.5) is 4.39 Å². The molecule has 0 heterocycles. The van der Waals surface area contributed by atoms with Crippen LogP contribution < -0.4 is 0 Å². The topological polar surface area (TPSA) is 26.3 Å². The monoisotopic (exact) mass is 438 g/mol. The fourth-order valence-electron chi connectivity index (χ4n) is 6.41. The van der Waals surface area contributed by atoms with Crippen LogP contribution in [0, 0.1) is 23.6 Å². The number of rotatable bonds is 8. The second-order valence-corrected chi connectivity index (χ2v) is 10.3. The summed E-state index contributed by atoms with van der Waals surface area (Å²) in [5.41, 5.74) is 1.34. The van der Waals surface area contributed by atoms with Crippen molar-refractivity contribution in [2.45, 2.75) is 89.9 Å². The van der Waals surface area contributed by atoms with Gasteiger partial charge in [-0.3, -0.25) is 0 Å². The summed E-state index contributed by atoms with van der Waals surface area (Å²) in [5.74, 6) is 2.37. The third-order valence-corrected chi connectivity index (χ3v) is 8.25. The molecule has 0 aliphatic heterocycles. The van der Waals surface area contributed by atoms with Gasteiger partial charge in [0.2, 0.25) is 0 Å². The van der Waals surface area contributed by atoms with E-state index in [4.69, 9.17) is 4.74 Å². The van der Waals surface area contributed by atoms with E-state index in [0.717, 1.165) is 46.9 Å². The summed E-state index contributed by atoms with van der Waals surface area (Å²) in [4.78, 5) is 11.8. The normalized spacial score (nSPS) is 25.5. The lowest BCUT2D eigenvalue weighted by molar-refractivity contribution is 0.0601. The first-order valence-corrected chi connectivity index (χ1v) is 12.9. The number of halogens is 1. The van der Waals surface area contributed by atoms with Gasteiger partial charge in [-0.15, -0.1) is 0 Å². The van der Waals surface area contributed by atoms with Crippen molar-refractivity contribution in [2.24, 2.45) is 17.8 Å². The third-order valence-electron chi connectivity index (χ3n) is 8.25. The summed E-state index contributed by atoms with van der Waals surface area (Å²) in [5, 5.41) is 1.77. The van der Waals surface area contributed by atoms with E-state index < -0.39 is 0 Å². The Morgan fingerprint density at radius 2 is 1.72 bits per heavy atom. The van der Waals surface area contributed by atoms with Crippen LogP contribution in [0.3, 0.4) is 0 Å². The lowest BCUT2D eigenvalue weighted by Gasteiger charge is -2.42. The molecule has 2 saturated carbocycles. The summed E-state index contributed by atoms with van der Waals surface area (Å²) in [6.45, 7) is 2.28. The SMILES string of the molecule is CCCCCCCC1CC[C@@H]2CC(c3cc4ccc(C(=O)OC)cc4cc3F)CC[C@H]2C1. The Kier molecular flexibility index (Phi) is 7.86. The molecule has 0 aromatic heterocycles. The minimum atomic E-state index is -0.383. The minimum Gasteiger partial charge on any atom is -0.465 e. The van der Waals surface area contributed by atoms with Gasteiger partial charge in [0.15, 0.2) is 0 Å². The van der Waals surface area contributed by atoms with E-state index in [9.17, 15) is 4.79 Å². The van der Waals surface area contributed by atoms with E-state index in [1.165, 1.54) is 71.3 Å². The lowest BCUT2D eigenvalue weighted by Crippen LogP contribution is -2.30. The molecule has 0 bridgehead atoms. The van der Waals surface area contributed by atoms with Crippen molar-refractivity contribution in [1.29, 1.82) is 0 Å². The van der Waals surface area contributed by atoms with E-state index >= 15 is 4.39 Å². The van der Waals surface area contributed by atoms with Gasteiger partial charge in [-0.05, 0) is 96.4 Å². The van der Waals surface area contributed by atoms with Gasteiger partial charge in [-0.1, -0.05) is 57.9 Å². The molecule has 2 aromatic carbocycles. The molecule has 0 amide bonds. The van der Waals surface area contributed by atoms with Crippen LogP contribution in [0.5, 0.6) is 0 Å². The minimum absolute atomic E-state index is 0.122. The number of benzene rings is 2. The third kappa shape index (κ3) is 5.35. The highest BCUT2D eigenvalue weighted by Crippen LogP contribution is 2.49. The van der Waals surface area contributed by atoms with Crippen LogP contribution in [0.1, 0.15) is 106 Å². The first kappa shape index (κ1) is 23.3. The van der Waals surface area contributed by atoms with E-state index in [2.05, 4.69) is 6.92 Å². The van der Waals surface area contributed by atoms with Crippen LogP contribution in [0.25, 0.3) is 10.8 Å². The number of hydrogen-bond acceptors (Lipinski definition) is 2. The van der Waals surface area contributed by atoms with Crippen molar-refractivity contribution in [1.82, 2.24) is 0 Å². The zero-order chi connectivity index (χ0) is 22.5. The number of unbranched alkanes of at least 4 members (excludes halogenated alkanes) is 4. The Hall–Kier alpha value is -1.90. The molecule has 2 aromatic rings. The standard InChI is InChI=1S/C29H39FO2/c1-3-4-5-6-7-8-20-9-10-22-16-24(13-11-21(22)15-20)27-18-23-12-14-25(29(31)32-2)17-26(23)19-28(27)30/h12,14,17-22,24H,3-11,13,15-16H2,1-2H3/t20?,21-,22+,24?/m0/s1. The van der Waals surface area contributed by atoms with Crippen LogP contribution >= 0.6 is 0 Å². The summed E-state index contributed by atoms with van der Waals surface area (Å²) in [7, 11) is 1.37. The Labute approximate surface area is 192 Å². The van der Waals surface area contributed by atoms with Crippen LogP contribution in [0.15, 0.2) is 30.3 Å². The number of ether oxygens (including phenoxy) is 1. The zero-order valence-electron chi connectivity index (χ0n) is 19.9. The molecule has 2 nitrogen and oxygen atoms in total. The fraction of sp³-hybridized carbons (Fsp3) is 0.621. The van der Waals surface area contributed by atoms with E-state index in [1.807, 2.05) is 12.1 Å². The van der Waals surface area contributed by atoms with Crippen molar-refractivity contribution >= 4 is 16.7 Å². The second-order valence-electron chi connectivity index (χ2n) is 10.3. The zero-order valence-corrected chi connectivity index (χ0v) is 19.9. The molecule has 4 atom stereocenters. The van der Waals surface area contributed by atoms with Crippen molar-refractivity contribution in [3.8, 4) is 0 Å². The average Bonchev–Trinajstić information content (AvgIpc) is 2.82. The van der Waals surface area contributed by atoms with Gasteiger partial charge in [0.05, 0.1) is 12.7 Å². The van der Waals surface area contributed by atoms with Gasteiger partial charge in [-0.25, -0.2) is 9.18 Å². The quantitative estimate of drug-likeness (QED) is 0.305. The van der Waals surface area contributed by atoms with Crippen LogP contribution in [-0.2, 0) is 4.74 Å². The average molecular weight is 439 g/mol.